The number of rotatable bonds is 10. The van der Waals surface area contributed by atoms with Gasteiger partial charge in [-0.1, -0.05) is 53.0 Å². The van der Waals surface area contributed by atoms with E-state index in [4.69, 9.17) is 23.2 Å². The van der Waals surface area contributed by atoms with Crippen LogP contribution in [0, 0.1) is 6.92 Å². The number of benzene rings is 3. The van der Waals surface area contributed by atoms with E-state index in [2.05, 4.69) is 5.32 Å². The predicted molar refractivity (Wildman–Crippen MR) is 147 cm³/mol. The number of sulfonamides is 1. The Balaban J connectivity index is 2.01. The molecule has 196 valence electrons. The number of anilines is 1. The van der Waals surface area contributed by atoms with E-state index in [1.54, 1.807) is 62.4 Å². The standard InChI is InChI=1S/C27H29Cl2N3O4S/c1-4-30-27(34)20(3)31(17-21-7-9-22(28)10-8-21)26(33)18-32(24-13-11-23(29)12-14-24)37(35,36)25-15-5-19(2)6-16-25/h5-16,20H,4,17-18H2,1-3H3,(H,30,34)/t20-/m0/s1. The Labute approximate surface area is 228 Å². The fourth-order valence-electron chi connectivity index (χ4n) is 3.66. The number of hydrogen-bond donors (Lipinski definition) is 1. The summed E-state index contributed by atoms with van der Waals surface area (Å²) in [7, 11) is -4.12. The minimum atomic E-state index is -4.12. The van der Waals surface area contributed by atoms with Crippen molar-refractivity contribution >= 4 is 50.7 Å². The number of nitrogens with zero attached hydrogens (tertiary/aromatic N) is 2. The topological polar surface area (TPSA) is 86.8 Å². The van der Waals surface area contributed by atoms with Gasteiger partial charge >= 0.3 is 0 Å². The smallest absolute Gasteiger partial charge is 0.264 e. The van der Waals surface area contributed by atoms with Gasteiger partial charge in [0.25, 0.3) is 10.0 Å². The van der Waals surface area contributed by atoms with Crippen LogP contribution in [-0.2, 0) is 26.2 Å². The molecule has 0 unspecified atom stereocenters. The molecule has 2 amide bonds. The summed E-state index contributed by atoms with van der Waals surface area (Å²) >= 11 is 12.0. The van der Waals surface area contributed by atoms with Gasteiger partial charge in [-0.15, -0.1) is 0 Å². The van der Waals surface area contributed by atoms with Gasteiger partial charge in [-0.3, -0.25) is 13.9 Å². The largest absolute Gasteiger partial charge is 0.355 e. The number of carbonyl (C=O) groups excluding carboxylic acids is 2. The van der Waals surface area contributed by atoms with Crippen molar-refractivity contribution in [1.82, 2.24) is 10.2 Å². The molecule has 0 saturated carbocycles. The summed E-state index contributed by atoms with van der Waals surface area (Å²) in [5.74, 6) is -0.886. The lowest BCUT2D eigenvalue weighted by molar-refractivity contribution is -0.139. The number of halogens is 2. The first kappa shape index (κ1) is 28.5. The van der Waals surface area contributed by atoms with Crippen LogP contribution in [-0.4, -0.2) is 44.3 Å². The average Bonchev–Trinajstić information content (AvgIpc) is 2.87. The molecule has 0 saturated heterocycles. The normalized spacial score (nSPS) is 12.0. The van der Waals surface area contributed by atoms with Crippen molar-refractivity contribution in [2.24, 2.45) is 0 Å². The highest BCUT2D eigenvalue weighted by Gasteiger charge is 2.32. The second-order valence-corrected chi connectivity index (χ2v) is 11.3. The molecule has 3 rings (SSSR count). The van der Waals surface area contributed by atoms with Crippen molar-refractivity contribution in [1.29, 1.82) is 0 Å². The predicted octanol–water partition coefficient (Wildman–Crippen LogP) is 5.05. The average molecular weight is 563 g/mol. The first-order chi connectivity index (χ1) is 17.5. The molecule has 10 heteroatoms. The van der Waals surface area contributed by atoms with Crippen LogP contribution in [0.3, 0.4) is 0 Å². The maximum Gasteiger partial charge on any atom is 0.264 e. The second-order valence-electron chi connectivity index (χ2n) is 8.52. The van der Waals surface area contributed by atoms with Crippen molar-refractivity contribution in [2.75, 3.05) is 17.4 Å². The van der Waals surface area contributed by atoms with Gasteiger partial charge in [-0.05, 0) is 74.9 Å². The molecule has 0 aliphatic rings. The Morgan fingerprint density at radius 3 is 1.97 bits per heavy atom. The Bertz CT molecular complexity index is 1330. The molecule has 37 heavy (non-hydrogen) atoms. The van der Waals surface area contributed by atoms with Crippen LogP contribution in [0.5, 0.6) is 0 Å². The Hall–Kier alpha value is -3.07. The molecule has 0 fully saturated rings. The van der Waals surface area contributed by atoms with Gasteiger partial charge in [0.2, 0.25) is 11.8 Å². The Morgan fingerprint density at radius 2 is 1.43 bits per heavy atom. The molecule has 1 N–H and O–H groups in total. The lowest BCUT2D eigenvalue weighted by Gasteiger charge is -2.32. The molecule has 0 radical (unpaired) electrons. The Morgan fingerprint density at radius 1 is 0.892 bits per heavy atom. The quantitative estimate of drug-likeness (QED) is 0.375. The van der Waals surface area contributed by atoms with E-state index in [1.165, 1.54) is 29.2 Å². The van der Waals surface area contributed by atoms with E-state index >= 15 is 0 Å². The van der Waals surface area contributed by atoms with E-state index in [0.29, 0.717) is 16.6 Å². The number of aryl methyl sites for hydroxylation is 1. The molecule has 0 heterocycles. The van der Waals surface area contributed by atoms with Crippen molar-refractivity contribution in [3.63, 3.8) is 0 Å². The van der Waals surface area contributed by atoms with E-state index in [-0.39, 0.29) is 23.0 Å². The van der Waals surface area contributed by atoms with Crippen molar-refractivity contribution < 1.29 is 18.0 Å². The molecule has 3 aromatic carbocycles. The zero-order chi connectivity index (χ0) is 27.2. The summed E-state index contributed by atoms with van der Waals surface area (Å²) in [5.41, 5.74) is 1.92. The van der Waals surface area contributed by atoms with Gasteiger partial charge in [0.15, 0.2) is 0 Å². The van der Waals surface area contributed by atoms with Gasteiger partial charge in [0.05, 0.1) is 10.6 Å². The van der Waals surface area contributed by atoms with Gasteiger partial charge in [0.1, 0.15) is 12.6 Å². The lowest BCUT2D eigenvalue weighted by Crippen LogP contribution is -2.51. The fourth-order valence-corrected chi connectivity index (χ4v) is 5.33. The molecular formula is C27H29Cl2N3O4S. The molecule has 0 spiro atoms. The van der Waals surface area contributed by atoms with Crippen LogP contribution in [0.2, 0.25) is 10.0 Å². The number of hydrogen-bond acceptors (Lipinski definition) is 4. The summed E-state index contributed by atoms with van der Waals surface area (Å²) in [5, 5.41) is 3.69. The van der Waals surface area contributed by atoms with Gasteiger partial charge in [-0.25, -0.2) is 8.42 Å². The maximum absolute atomic E-state index is 13.7. The molecule has 0 aromatic heterocycles. The summed E-state index contributed by atoms with van der Waals surface area (Å²) in [6, 6.07) is 18.6. The minimum Gasteiger partial charge on any atom is -0.355 e. The lowest BCUT2D eigenvalue weighted by atomic mass is 10.1. The first-order valence-corrected chi connectivity index (χ1v) is 13.9. The maximum atomic E-state index is 13.7. The number of likely N-dealkylation sites (N-methyl/N-ethyl adjacent to an activating group) is 1. The third kappa shape index (κ3) is 7.25. The number of carbonyl (C=O) groups is 2. The van der Waals surface area contributed by atoms with Gasteiger partial charge in [-0.2, -0.15) is 0 Å². The zero-order valence-corrected chi connectivity index (χ0v) is 23.1. The van der Waals surface area contributed by atoms with E-state index in [9.17, 15) is 18.0 Å². The first-order valence-electron chi connectivity index (χ1n) is 11.7. The monoisotopic (exact) mass is 561 g/mol. The van der Waals surface area contributed by atoms with Crippen LogP contribution < -0.4 is 9.62 Å². The Kier molecular flexibility index (Phi) is 9.59. The van der Waals surface area contributed by atoms with Crippen LogP contribution in [0.1, 0.15) is 25.0 Å². The number of nitrogens with one attached hydrogen (secondary N) is 1. The third-order valence-electron chi connectivity index (χ3n) is 5.79. The van der Waals surface area contributed by atoms with Crippen molar-refractivity contribution in [3.05, 3.63) is 94.0 Å². The summed E-state index contributed by atoms with van der Waals surface area (Å²) in [4.78, 5) is 27.8. The van der Waals surface area contributed by atoms with Crippen LogP contribution in [0.25, 0.3) is 0 Å². The van der Waals surface area contributed by atoms with Crippen molar-refractivity contribution in [3.8, 4) is 0 Å². The summed E-state index contributed by atoms with van der Waals surface area (Å²) < 4.78 is 28.5. The highest BCUT2D eigenvalue weighted by atomic mass is 35.5. The summed E-state index contributed by atoms with van der Waals surface area (Å²) in [6.07, 6.45) is 0. The van der Waals surface area contributed by atoms with Crippen LogP contribution >= 0.6 is 23.2 Å². The molecule has 0 aliphatic carbocycles. The molecular weight excluding hydrogens is 533 g/mol. The van der Waals surface area contributed by atoms with Crippen LogP contribution in [0.15, 0.2) is 77.7 Å². The highest BCUT2D eigenvalue weighted by Crippen LogP contribution is 2.26. The minimum absolute atomic E-state index is 0.0434. The summed E-state index contributed by atoms with van der Waals surface area (Å²) in [6.45, 7) is 5.22. The zero-order valence-electron chi connectivity index (χ0n) is 20.8. The second kappa shape index (κ2) is 12.4. The van der Waals surface area contributed by atoms with E-state index < -0.39 is 28.5 Å². The van der Waals surface area contributed by atoms with E-state index in [0.717, 1.165) is 15.4 Å². The van der Waals surface area contributed by atoms with E-state index in [1.807, 2.05) is 6.92 Å². The molecule has 7 nitrogen and oxygen atoms in total. The molecule has 1 atom stereocenters. The van der Waals surface area contributed by atoms with Crippen LogP contribution in [0.4, 0.5) is 5.69 Å². The third-order valence-corrected chi connectivity index (χ3v) is 8.08. The molecule has 0 bridgehead atoms. The molecule has 0 aliphatic heterocycles. The molecule has 3 aromatic rings. The number of amides is 2. The fraction of sp³-hybridized carbons (Fsp3) is 0.259. The van der Waals surface area contributed by atoms with Crippen molar-refractivity contribution in [2.45, 2.75) is 38.3 Å². The SMILES string of the molecule is CCNC(=O)[C@H](C)N(Cc1ccc(Cl)cc1)C(=O)CN(c1ccc(Cl)cc1)S(=O)(=O)c1ccc(C)cc1. The van der Waals surface area contributed by atoms with Gasteiger partial charge < -0.3 is 10.2 Å². The van der Waals surface area contributed by atoms with Gasteiger partial charge in [0, 0.05) is 23.1 Å². The highest BCUT2D eigenvalue weighted by molar-refractivity contribution is 7.92.